The van der Waals surface area contributed by atoms with Gasteiger partial charge in [0.05, 0.1) is 11.6 Å². The summed E-state index contributed by atoms with van der Waals surface area (Å²) in [4.78, 5) is 25.0. The molecule has 2 aromatic carbocycles. The van der Waals surface area contributed by atoms with E-state index < -0.39 is 24.2 Å². The van der Waals surface area contributed by atoms with Crippen molar-refractivity contribution in [1.29, 1.82) is 0 Å². The van der Waals surface area contributed by atoms with Gasteiger partial charge in [0.25, 0.3) is 0 Å². The zero-order valence-electron chi connectivity index (χ0n) is 15.9. The summed E-state index contributed by atoms with van der Waals surface area (Å²) in [7, 11) is 0. The van der Waals surface area contributed by atoms with Crippen LogP contribution < -0.4 is 4.90 Å². The van der Waals surface area contributed by atoms with Crippen molar-refractivity contribution in [2.45, 2.75) is 39.0 Å². The predicted molar refractivity (Wildman–Crippen MR) is 105 cm³/mol. The van der Waals surface area contributed by atoms with E-state index in [-0.39, 0.29) is 18.1 Å². The standard InChI is InChI=1S/C21H24N2O5/c1-3-16-18(12-22(26)27)17-11-7-8-14(2)19(17)23(20(16)24)21(25)28-13-15-9-5-4-6-10-15/h4-11,16,18,20,24H,3,12-13H2,1-2H3/t16-,18+,20-/m1/s1. The van der Waals surface area contributed by atoms with E-state index in [9.17, 15) is 20.0 Å². The zero-order chi connectivity index (χ0) is 20.3. The van der Waals surface area contributed by atoms with E-state index in [0.29, 0.717) is 17.7 Å². The monoisotopic (exact) mass is 384 g/mol. The molecule has 148 valence electrons. The summed E-state index contributed by atoms with van der Waals surface area (Å²) in [6.45, 7) is 3.46. The molecule has 7 heteroatoms. The number of fused-ring (bicyclic) bond motifs is 1. The maximum Gasteiger partial charge on any atom is 0.416 e. The van der Waals surface area contributed by atoms with Crippen LogP contribution in [0.5, 0.6) is 0 Å². The summed E-state index contributed by atoms with van der Waals surface area (Å²) in [5.41, 5.74) is 2.80. The summed E-state index contributed by atoms with van der Waals surface area (Å²) in [6, 6.07) is 14.7. The number of aryl methyl sites for hydroxylation is 1. The Balaban J connectivity index is 1.95. The lowest BCUT2D eigenvalue weighted by Crippen LogP contribution is -2.51. The molecule has 0 bridgehead atoms. The zero-order valence-corrected chi connectivity index (χ0v) is 15.9. The fraction of sp³-hybridized carbons (Fsp3) is 0.381. The number of ether oxygens (including phenoxy) is 1. The molecule has 0 fully saturated rings. The van der Waals surface area contributed by atoms with E-state index in [2.05, 4.69) is 0 Å². The summed E-state index contributed by atoms with van der Waals surface area (Å²) < 4.78 is 5.45. The fourth-order valence-electron chi connectivity index (χ4n) is 3.95. The number of nitrogens with zero attached hydrogens (tertiary/aromatic N) is 2. The van der Waals surface area contributed by atoms with E-state index in [1.54, 1.807) is 6.07 Å². The van der Waals surface area contributed by atoms with E-state index in [0.717, 1.165) is 11.1 Å². The molecule has 1 heterocycles. The van der Waals surface area contributed by atoms with Crippen LogP contribution in [0.4, 0.5) is 10.5 Å². The second-order valence-electron chi connectivity index (χ2n) is 7.03. The molecule has 0 aliphatic carbocycles. The molecule has 7 nitrogen and oxygen atoms in total. The number of aliphatic hydroxyl groups excluding tert-OH is 1. The second-order valence-corrected chi connectivity index (χ2v) is 7.03. The molecule has 1 aliphatic heterocycles. The number of amides is 1. The van der Waals surface area contributed by atoms with Crippen molar-refractivity contribution in [2.75, 3.05) is 11.4 Å². The molecule has 0 spiro atoms. The maximum atomic E-state index is 12.9. The van der Waals surface area contributed by atoms with Crippen molar-refractivity contribution >= 4 is 11.8 Å². The van der Waals surface area contributed by atoms with Gasteiger partial charge in [-0.05, 0) is 30.0 Å². The molecule has 1 amide bonds. The quantitative estimate of drug-likeness (QED) is 0.624. The highest BCUT2D eigenvalue weighted by Crippen LogP contribution is 2.44. The first-order valence-electron chi connectivity index (χ1n) is 9.33. The van der Waals surface area contributed by atoms with Gasteiger partial charge < -0.3 is 9.84 Å². The smallest absolute Gasteiger partial charge is 0.416 e. The minimum atomic E-state index is -1.19. The molecular weight excluding hydrogens is 360 g/mol. The number of anilines is 1. The summed E-state index contributed by atoms with van der Waals surface area (Å²) in [5, 5.41) is 22.2. The maximum absolute atomic E-state index is 12.9. The minimum Gasteiger partial charge on any atom is -0.444 e. The highest BCUT2D eigenvalue weighted by atomic mass is 16.6. The molecule has 0 unspecified atom stereocenters. The van der Waals surface area contributed by atoms with Crippen molar-refractivity contribution in [3.63, 3.8) is 0 Å². The van der Waals surface area contributed by atoms with Crippen LogP contribution in [0.2, 0.25) is 0 Å². The van der Waals surface area contributed by atoms with Crippen LogP contribution in [-0.2, 0) is 11.3 Å². The van der Waals surface area contributed by atoms with Gasteiger partial charge in [-0.3, -0.25) is 15.0 Å². The SMILES string of the molecule is CC[C@@H]1[C@H](C[N+](=O)[O-])c2cccc(C)c2N(C(=O)OCc2ccccc2)[C@@H]1O. The summed E-state index contributed by atoms with van der Waals surface area (Å²) >= 11 is 0. The first-order chi connectivity index (χ1) is 13.4. The lowest BCUT2D eigenvalue weighted by Gasteiger charge is -2.42. The molecule has 3 atom stereocenters. The third kappa shape index (κ3) is 3.84. The molecule has 0 radical (unpaired) electrons. The number of carbonyl (C=O) groups excluding carboxylic acids is 1. The topological polar surface area (TPSA) is 92.9 Å². The molecule has 0 saturated heterocycles. The Morgan fingerprint density at radius 2 is 1.93 bits per heavy atom. The van der Waals surface area contributed by atoms with Crippen LogP contribution in [0.25, 0.3) is 0 Å². The van der Waals surface area contributed by atoms with Crippen molar-refractivity contribution in [3.05, 3.63) is 75.3 Å². The molecule has 28 heavy (non-hydrogen) atoms. The summed E-state index contributed by atoms with van der Waals surface area (Å²) in [6.07, 6.45) is -1.35. The normalized spacial score (nSPS) is 21.1. The molecular formula is C21H24N2O5. The van der Waals surface area contributed by atoms with Crippen molar-refractivity contribution in [3.8, 4) is 0 Å². The lowest BCUT2D eigenvalue weighted by molar-refractivity contribution is -0.485. The first kappa shape index (κ1) is 19.8. The largest absolute Gasteiger partial charge is 0.444 e. The Morgan fingerprint density at radius 1 is 1.21 bits per heavy atom. The van der Waals surface area contributed by atoms with Crippen LogP contribution in [0.1, 0.15) is 36.0 Å². The van der Waals surface area contributed by atoms with Crippen LogP contribution in [-0.4, -0.2) is 28.9 Å². The highest BCUT2D eigenvalue weighted by molar-refractivity contribution is 5.91. The molecule has 0 aromatic heterocycles. The van der Waals surface area contributed by atoms with Crippen LogP contribution >= 0.6 is 0 Å². The highest BCUT2D eigenvalue weighted by Gasteiger charge is 2.45. The summed E-state index contributed by atoms with van der Waals surface area (Å²) in [5.74, 6) is -0.924. The van der Waals surface area contributed by atoms with Gasteiger partial charge in [-0.1, -0.05) is 55.5 Å². The predicted octanol–water partition coefficient (Wildman–Crippen LogP) is 3.86. The van der Waals surface area contributed by atoms with E-state index in [1.807, 2.05) is 56.3 Å². The number of benzene rings is 2. The van der Waals surface area contributed by atoms with E-state index in [4.69, 9.17) is 4.74 Å². The fourth-order valence-corrected chi connectivity index (χ4v) is 3.95. The van der Waals surface area contributed by atoms with Gasteiger partial charge in [0, 0.05) is 10.8 Å². The van der Waals surface area contributed by atoms with Gasteiger partial charge >= 0.3 is 6.09 Å². The van der Waals surface area contributed by atoms with Gasteiger partial charge in [0.2, 0.25) is 6.54 Å². The first-order valence-corrected chi connectivity index (χ1v) is 9.33. The number of carbonyl (C=O) groups is 1. The number of hydrogen-bond donors (Lipinski definition) is 1. The van der Waals surface area contributed by atoms with E-state index in [1.165, 1.54) is 4.90 Å². The number of hydrogen-bond acceptors (Lipinski definition) is 5. The number of para-hydroxylation sites is 1. The third-order valence-corrected chi connectivity index (χ3v) is 5.29. The van der Waals surface area contributed by atoms with Crippen LogP contribution in [0, 0.1) is 23.0 Å². The Hall–Kier alpha value is -2.93. The molecule has 1 N–H and O–H groups in total. The average molecular weight is 384 g/mol. The Kier molecular flexibility index (Phi) is 5.94. The van der Waals surface area contributed by atoms with Crippen molar-refractivity contribution in [2.24, 2.45) is 5.92 Å². The molecule has 3 rings (SSSR count). The molecule has 0 saturated carbocycles. The minimum absolute atomic E-state index is 0.0826. The molecule has 1 aliphatic rings. The van der Waals surface area contributed by atoms with Crippen molar-refractivity contribution in [1.82, 2.24) is 0 Å². The second kappa shape index (κ2) is 8.39. The van der Waals surface area contributed by atoms with Crippen molar-refractivity contribution < 1.29 is 19.6 Å². The number of rotatable bonds is 5. The Labute approximate surface area is 163 Å². The van der Waals surface area contributed by atoms with Gasteiger partial charge in [0.1, 0.15) is 12.8 Å². The van der Waals surface area contributed by atoms with E-state index >= 15 is 0 Å². The molecule has 2 aromatic rings. The number of nitro groups is 1. The van der Waals surface area contributed by atoms with Gasteiger partial charge in [-0.25, -0.2) is 4.79 Å². The lowest BCUT2D eigenvalue weighted by atomic mass is 9.77. The van der Waals surface area contributed by atoms with Crippen LogP contribution in [0.15, 0.2) is 48.5 Å². The van der Waals surface area contributed by atoms with Gasteiger partial charge in [-0.15, -0.1) is 0 Å². The third-order valence-electron chi connectivity index (χ3n) is 5.29. The number of aliphatic hydroxyl groups is 1. The average Bonchev–Trinajstić information content (AvgIpc) is 2.67. The Morgan fingerprint density at radius 3 is 2.57 bits per heavy atom. The Bertz CT molecular complexity index is 855. The van der Waals surface area contributed by atoms with Crippen LogP contribution in [0.3, 0.4) is 0 Å². The van der Waals surface area contributed by atoms with Gasteiger partial charge in [-0.2, -0.15) is 0 Å². The van der Waals surface area contributed by atoms with Gasteiger partial charge in [0.15, 0.2) is 0 Å².